The number of rotatable bonds is 3. The van der Waals surface area contributed by atoms with Gasteiger partial charge in [-0.25, -0.2) is 4.79 Å². The van der Waals surface area contributed by atoms with Gasteiger partial charge in [0.15, 0.2) is 0 Å². The quantitative estimate of drug-likeness (QED) is 0.898. The van der Waals surface area contributed by atoms with Crippen LogP contribution in [0.5, 0.6) is 0 Å². The number of hydrogen-bond acceptors (Lipinski definition) is 2. The molecule has 0 spiro atoms. The van der Waals surface area contributed by atoms with E-state index in [-0.39, 0.29) is 11.4 Å². The van der Waals surface area contributed by atoms with E-state index < -0.39 is 0 Å². The maximum atomic E-state index is 12.2. The van der Waals surface area contributed by atoms with Crippen molar-refractivity contribution in [2.45, 2.75) is 39.0 Å². The topological polar surface area (TPSA) is 58.4 Å². The molecule has 1 saturated heterocycles. The van der Waals surface area contributed by atoms with E-state index in [0.717, 1.165) is 25.2 Å². The van der Waals surface area contributed by atoms with E-state index in [1.807, 2.05) is 29.2 Å². The molecule has 1 aliphatic heterocycles. The number of anilines is 1. The minimum atomic E-state index is -0.0369. The van der Waals surface area contributed by atoms with Crippen LogP contribution in [0.4, 0.5) is 10.5 Å². The van der Waals surface area contributed by atoms with Crippen LogP contribution >= 0.6 is 0 Å². The van der Waals surface area contributed by atoms with Crippen molar-refractivity contribution in [3.63, 3.8) is 0 Å². The van der Waals surface area contributed by atoms with Crippen molar-refractivity contribution in [2.75, 3.05) is 25.0 Å². The van der Waals surface area contributed by atoms with Crippen LogP contribution in [0.3, 0.4) is 0 Å². The minimum Gasteiger partial charge on any atom is -0.330 e. The summed E-state index contributed by atoms with van der Waals surface area (Å²) in [6.45, 7) is 8.75. The van der Waals surface area contributed by atoms with Gasteiger partial charge in [-0.2, -0.15) is 0 Å². The zero-order valence-electron chi connectivity index (χ0n) is 13.4. The first kappa shape index (κ1) is 15.8. The standard InChI is InChI=1S/C17H27N3O/c1-13-5-4-10-20(11-13)16(21)19-15-8-6-14(7-9-15)17(2,3)12-18/h6-9,13H,4-5,10-12,18H2,1-3H3,(H,19,21). The fourth-order valence-electron chi connectivity index (χ4n) is 2.70. The molecule has 1 atom stereocenters. The number of likely N-dealkylation sites (tertiary alicyclic amines) is 1. The van der Waals surface area contributed by atoms with E-state index in [1.165, 1.54) is 12.0 Å². The number of nitrogens with two attached hydrogens (primary N) is 1. The Balaban J connectivity index is 1.98. The maximum Gasteiger partial charge on any atom is 0.321 e. The molecule has 0 aromatic heterocycles. The van der Waals surface area contributed by atoms with E-state index in [2.05, 4.69) is 26.1 Å². The molecular formula is C17H27N3O. The summed E-state index contributed by atoms with van der Waals surface area (Å²) in [5.41, 5.74) is 7.79. The van der Waals surface area contributed by atoms with Crippen molar-refractivity contribution >= 4 is 11.7 Å². The predicted molar refractivity (Wildman–Crippen MR) is 87.5 cm³/mol. The van der Waals surface area contributed by atoms with Crippen LogP contribution < -0.4 is 11.1 Å². The van der Waals surface area contributed by atoms with Gasteiger partial charge in [0, 0.05) is 30.7 Å². The first-order valence-electron chi connectivity index (χ1n) is 7.79. The maximum absolute atomic E-state index is 12.2. The molecule has 0 aliphatic carbocycles. The Morgan fingerprint density at radius 2 is 2.05 bits per heavy atom. The molecule has 1 aromatic carbocycles. The summed E-state index contributed by atoms with van der Waals surface area (Å²) >= 11 is 0. The Morgan fingerprint density at radius 1 is 1.38 bits per heavy atom. The number of carbonyl (C=O) groups excluding carboxylic acids is 1. The van der Waals surface area contributed by atoms with E-state index in [4.69, 9.17) is 5.73 Å². The lowest BCUT2D eigenvalue weighted by atomic mass is 9.85. The molecule has 21 heavy (non-hydrogen) atoms. The van der Waals surface area contributed by atoms with Crippen molar-refractivity contribution in [1.82, 2.24) is 4.90 Å². The summed E-state index contributed by atoms with van der Waals surface area (Å²) in [6, 6.07) is 8.01. The Morgan fingerprint density at radius 3 is 2.62 bits per heavy atom. The number of nitrogens with zero attached hydrogens (tertiary/aromatic N) is 1. The molecular weight excluding hydrogens is 262 g/mol. The average Bonchev–Trinajstić information content (AvgIpc) is 2.48. The van der Waals surface area contributed by atoms with E-state index >= 15 is 0 Å². The molecule has 1 heterocycles. The van der Waals surface area contributed by atoms with E-state index in [1.54, 1.807) is 0 Å². The summed E-state index contributed by atoms with van der Waals surface area (Å²) in [5, 5.41) is 2.98. The monoisotopic (exact) mass is 289 g/mol. The van der Waals surface area contributed by atoms with Gasteiger partial charge in [-0.3, -0.25) is 0 Å². The Labute approximate surface area is 127 Å². The highest BCUT2D eigenvalue weighted by Crippen LogP contribution is 2.23. The SMILES string of the molecule is CC1CCCN(C(=O)Nc2ccc(C(C)(C)CN)cc2)C1. The van der Waals surface area contributed by atoms with E-state index in [9.17, 15) is 4.79 Å². The summed E-state index contributed by atoms with van der Waals surface area (Å²) < 4.78 is 0. The Kier molecular flexibility index (Phi) is 4.88. The summed E-state index contributed by atoms with van der Waals surface area (Å²) in [4.78, 5) is 14.2. The highest BCUT2D eigenvalue weighted by atomic mass is 16.2. The summed E-state index contributed by atoms with van der Waals surface area (Å²) in [7, 11) is 0. The van der Waals surface area contributed by atoms with Gasteiger partial charge in [-0.05, 0) is 36.5 Å². The van der Waals surface area contributed by atoms with Gasteiger partial charge in [-0.1, -0.05) is 32.9 Å². The number of nitrogens with one attached hydrogen (secondary N) is 1. The molecule has 1 unspecified atom stereocenters. The first-order chi connectivity index (χ1) is 9.92. The second kappa shape index (κ2) is 6.48. The predicted octanol–water partition coefficient (Wildman–Crippen LogP) is 3.19. The molecule has 0 bridgehead atoms. The lowest BCUT2D eigenvalue weighted by Gasteiger charge is -2.31. The molecule has 3 N–H and O–H groups in total. The van der Waals surface area contributed by atoms with Crippen LogP contribution in [0.2, 0.25) is 0 Å². The molecule has 1 fully saturated rings. The zero-order valence-corrected chi connectivity index (χ0v) is 13.4. The highest BCUT2D eigenvalue weighted by molar-refractivity contribution is 5.89. The number of piperidine rings is 1. The van der Waals surface area contributed by atoms with Crippen LogP contribution in [-0.4, -0.2) is 30.6 Å². The van der Waals surface area contributed by atoms with Crippen molar-refractivity contribution in [2.24, 2.45) is 11.7 Å². The normalized spacial score (nSPS) is 19.4. The third kappa shape index (κ3) is 3.97. The lowest BCUT2D eigenvalue weighted by Crippen LogP contribution is -2.41. The van der Waals surface area contributed by atoms with Gasteiger partial charge in [-0.15, -0.1) is 0 Å². The number of urea groups is 1. The number of benzene rings is 1. The van der Waals surface area contributed by atoms with Crippen LogP contribution in [0.1, 0.15) is 39.2 Å². The Hall–Kier alpha value is -1.55. The molecule has 1 aromatic rings. The van der Waals surface area contributed by atoms with Crippen molar-refractivity contribution in [3.05, 3.63) is 29.8 Å². The molecule has 1 aliphatic rings. The van der Waals surface area contributed by atoms with E-state index in [0.29, 0.717) is 12.5 Å². The second-order valence-electron chi connectivity index (χ2n) is 6.79. The molecule has 0 saturated carbocycles. The number of hydrogen-bond donors (Lipinski definition) is 2. The van der Waals surface area contributed by atoms with Gasteiger partial charge in [0.1, 0.15) is 0 Å². The number of carbonyl (C=O) groups is 1. The van der Waals surface area contributed by atoms with Crippen molar-refractivity contribution < 1.29 is 4.79 Å². The molecule has 116 valence electrons. The Bertz CT molecular complexity index is 481. The summed E-state index contributed by atoms with van der Waals surface area (Å²) in [6.07, 6.45) is 2.31. The average molecular weight is 289 g/mol. The van der Waals surface area contributed by atoms with Crippen LogP contribution in [0.15, 0.2) is 24.3 Å². The van der Waals surface area contributed by atoms with Crippen LogP contribution in [0.25, 0.3) is 0 Å². The molecule has 4 nitrogen and oxygen atoms in total. The largest absolute Gasteiger partial charge is 0.330 e. The van der Waals surface area contributed by atoms with Gasteiger partial charge in [0.2, 0.25) is 0 Å². The smallest absolute Gasteiger partial charge is 0.321 e. The second-order valence-corrected chi connectivity index (χ2v) is 6.79. The molecule has 4 heteroatoms. The fraction of sp³-hybridized carbons (Fsp3) is 0.588. The third-order valence-electron chi connectivity index (χ3n) is 4.37. The molecule has 0 radical (unpaired) electrons. The van der Waals surface area contributed by atoms with Crippen molar-refractivity contribution in [3.8, 4) is 0 Å². The van der Waals surface area contributed by atoms with Gasteiger partial charge < -0.3 is 16.0 Å². The first-order valence-corrected chi connectivity index (χ1v) is 7.79. The van der Waals surface area contributed by atoms with Gasteiger partial charge >= 0.3 is 6.03 Å². The lowest BCUT2D eigenvalue weighted by molar-refractivity contribution is 0.182. The molecule has 2 rings (SSSR count). The zero-order chi connectivity index (χ0) is 15.5. The molecule has 2 amide bonds. The van der Waals surface area contributed by atoms with Crippen LogP contribution in [0, 0.1) is 5.92 Å². The highest BCUT2D eigenvalue weighted by Gasteiger charge is 2.21. The van der Waals surface area contributed by atoms with Crippen molar-refractivity contribution in [1.29, 1.82) is 0 Å². The minimum absolute atomic E-state index is 0.00684. The van der Waals surface area contributed by atoms with Gasteiger partial charge in [0.05, 0.1) is 0 Å². The number of amides is 2. The summed E-state index contributed by atoms with van der Waals surface area (Å²) in [5.74, 6) is 0.595. The van der Waals surface area contributed by atoms with Gasteiger partial charge in [0.25, 0.3) is 0 Å². The fourth-order valence-corrected chi connectivity index (χ4v) is 2.70. The van der Waals surface area contributed by atoms with Crippen LogP contribution in [-0.2, 0) is 5.41 Å². The third-order valence-corrected chi connectivity index (χ3v) is 4.37.